The van der Waals surface area contributed by atoms with Gasteiger partial charge in [0.1, 0.15) is 10.1 Å². The fourth-order valence-electron chi connectivity index (χ4n) is 1.58. The summed E-state index contributed by atoms with van der Waals surface area (Å²) in [5.41, 5.74) is 0.584. The predicted molar refractivity (Wildman–Crippen MR) is 83.2 cm³/mol. The Bertz CT molecular complexity index is 598. The van der Waals surface area contributed by atoms with Gasteiger partial charge < -0.3 is 5.11 Å². The molecule has 6 heteroatoms. The number of carbonyl (C=O) groups excluding carboxylic acids is 1. The van der Waals surface area contributed by atoms with Crippen LogP contribution in [0.4, 0.5) is 0 Å². The molecule has 3 nitrogen and oxygen atoms in total. The SMILES string of the molecule is C=CCN1C(=O)C(=Cc2cccc(O)c2Cl)SC1=S. The first-order chi connectivity index (χ1) is 9.04. The highest BCUT2D eigenvalue weighted by atomic mass is 35.5. The Balaban J connectivity index is 2.35. The Kier molecular flexibility index (Phi) is 4.29. The first kappa shape index (κ1) is 14.1. The molecule has 98 valence electrons. The molecule has 1 N–H and O–H groups in total. The molecule has 0 aliphatic carbocycles. The van der Waals surface area contributed by atoms with Gasteiger partial charge in [-0.1, -0.05) is 53.8 Å². The van der Waals surface area contributed by atoms with Gasteiger partial charge in [-0.25, -0.2) is 0 Å². The summed E-state index contributed by atoms with van der Waals surface area (Å²) in [7, 11) is 0. The molecule has 1 aliphatic rings. The quantitative estimate of drug-likeness (QED) is 0.527. The van der Waals surface area contributed by atoms with Crippen molar-refractivity contribution in [3.8, 4) is 5.75 Å². The minimum Gasteiger partial charge on any atom is -0.506 e. The summed E-state index contributed by atoms with van der Waals surface area (Å²) in [4.78, 5) is 14.1. The van der Waals surface area contributed by atoms with Gasteiger partial charge in [0.15, 0.2) is 0 Å². The molecule has 2 rings (SSSR count). The Labute approximate surface area is 125 Å². The van der Waals surface area contributed by atoms with Crippen molar-refractivity contribution >= 4 is 51.9 Å². The minimum absolute atomic E-state index is 0.0167. The smallest absolute Gasteiger partial charge is 0.266 e. The summed E-state index contributed by atoms with van der Waals surface area (Å²) in [5, 5.41) is 9.74. The van der Waals surface area contributed by atoms with Crippen LogP contribution in [0.2, 0.25) is 5.02 Å². The van der Waals surface area contributed by atoms with E-state index in [2.05, 4.69) is 6.58 Å². The van der Waals surface area contributed by atoms with Gasteiger partial charge in [-0.05, 0) is 17.7 Å². The van der Waals surface area contributed by atoms with Gasteiger partial charge in [0.05, 0.1) is 9.93 Å². The topological polar surface area (TPSA) is 40.5 Å². The average molecular weight is 312 g/mol. The lowest BCUT2D eigenvalue weighted by Crippen LogP contribution is -2.27. The zero-order chi connectivity index (χ0) is 14.0. The van der Waals surface area contributed by atoms with E-state index >= 15 is 0 Å². The summed E-state index contributed by atoms with van der Waals surface area (Å²) < 4.78 is 0.493. The summed E-state index contributed by atoms with van der Waals surface area (Å²) in [6.45, 7) is 3.98. The third-order valence-corrected chi connectivity index (χ3v) is 4.27. The number of thiocarbonyl (C=S) groups is 1. The maximum atomic E-state index is 12.1. The van der Waals surface area contributed by atoms with Crippen molar-refractivity contribution in [2.24, 2.45) is 0 Å². The number of halogens is 1. The molecule has 19 heavy (non-hydrogen) atoms. The number of benzene rings is 1. The number of hydrogen-bond acceptors (Lipinski definition) is 4. The number of aromatic hydroxyl groups is 1. The molecule has 1 aromatic carbocycles. The molecule has 1 amide bonds. The van der Waals surface area contributed by atoms with Gasteiger partial charge in [-0.15, -0.1) is 6.58 Å². The first-order valence-electron chi connectivity index (χ1n) is 5.38. The number of phenolic OH excluding ortho intramolecular Hbond substituents is 1. The van der Waals surface area contributed by atoms with Crippen LogP contribution < -0.4 is 0 Å². The van der Waals surface area contributed by atoms with E-state index < -0.39 is 0 Å². The van der Waals surface area contributed by atoms with Crippen molar-refractivity contribution in [3.05, 3.63) is 46.3 Å². The summed E-state index contributed by atoms with van der Waals surface area (Å²) in [6.07, 6.45) is 3.25. The second-order valence-corrected chi connectivity index (χ2v) is 5.82. The summed E-state index contributed by atoms with van der Waals surface area (Å²) >= 11 is 12.3. The van der Waals surface area contributed by atoms with E-state index in [-0.39, 0.29) is 16.7 Å². The van der Waals surface area contributed by atoms with E-state index in [0.717, 1.165) is 0 Å². The molecule has 1 aliphatic heterocycles. The van der Waals surface area contributed by atoms with Crippen LogP contribution in [0.5, 0.6) is 5.75 Å². The Morgan fingerprint density at radius 1 is 1.53 bits per heavy atom. The largest absolute Gasteiger partial charge is 0.506 e. The number of hydrogen-bond donors (Lipinski definition) is 1. The van der Waals surface area contributed by atoms with Crippen LogP contribution in [0.3, 0.4) is 0 Å². The highest BCUT2D eigenvalue weighted by Crippen LogP contribution is 2.35. The van der Waals surface area contributed by atoms with Crippen molar-refractivity contribution in [2.75, 3.05) is 6.54 Å². The van der Waals surface area contributed by atoms with E-state index in [1.165, 1.54) is 22.7 Å². The van der Waals surface area contributed by atoms with Gasteiger partial charge in [-0.3, -0.25) is 9.69 Å². The molecule has 1 saturated heterocycles. The lowest BCUT2D eigenvalue weighted by atomic mass is 10.2. The molecule has 1 aromatic rings. The van der Waals surface area contributed by atoms with Crippen LogP contribution in [0.25, 0.3) is 6.08 Å². The number of carbonyl (C=O) groups is 1. The highest BCUT2D eigenvalue weighted by Gasteiger charge is 2.31. The van der Waals surface area contributed by atoms with Crippen molar-refractivity contribution in [2.45, 2.75) is 0 Å². The van der Waals surface area contributed by atoms with Crippen LogP contribution in [0, 0.1) is 0 Å². The molecular weight excluding hydrogens is 302 g/mol. The molecule has 0 spiro atoms. The van der Waals surface area contributed by atoms with Crippen molar-refractivity contribution in [3.63, 3.8) is 0 Å². The summed E-state index contributed by atoms with van der Waals surface area (Å²) in [5.74, 6) is -0.189. The van der Waals surface area contributed by atoms with Crippen LogP contribution in [0.15, 0.2) is 35.8 Å². The summed E-state index contributed by atoms with van der Waals surface area (Å²) in [6, 6.07) is 4.88. The van der Waals surface area contributed by atoms with Crippen LogP contribution >= 0.6 is 35.6 Å². The zero-order valence-corrected chi connectivity index (χ0v) is 12.2. The van der Waals surface area contributed by atoms with Gasteiger partial charge in [-0.2, -0.15) is 0 Å². The molecule has 0 radical (unpaired) electrons. The Hall–Kier alpha value is -1.30. The third-order valence-electron chi connectivity index (χ3n) is 2.48. The van der Waals surface area contributed by atoms with Crippen molar-refractivity contribution < 1.29 is 9.90 Å². The Morgan fingerprint density at radius 3 is 2.95 bits per heavy atom. The lowest BCUT2D eigenvalue weighted by Gasteiger charge is -2.10. The van der Waals surface area contributed by atoms with Crippen LogP contribution in [-0.4, -0.2) is 26.8 Å². The van der Waals surface area contributed by atoms with Crippen molar-refractivity contribution in [1.82, 2.24) is 4.90 Å². The average Bonchev–Trinajstić information content (AvgIpc) is 2.63. The van der Waals surface area contributed by atoms with Crippen LogP contribution in [0.1, 0.15) is 5.56 Å². The van der Waals surface area contributed by atoms with Gasteiger partial charge >= 0.3 is 0 Å². The van der Waals surface area contributed by atoms with Gasteiger partial charge in [0.25, 0.3) is 5.91 Å². The number of thioether (sulfide) groups is 1. The van der Waals surface area contributed by atoms with Crippen LogP contribution in [-0.2, 0) is 4.79 Å². The molecular formula is C13H10ClNO2S2. The third kappa shape index (κ3) is 2.83. The van der Waals surface area contributed by atoms with Gasteiger partial charge in [0.2, 0.25) is 0 Å². The van der Waals surface area contributed by atoms with E-state index in [1.54, 1.807) is 24.3 Å². The number of phenols is 1. The normalized spacial score (nSPS) is 17.3. The minimum atomic E-state index is -0.172. The fourth-order valence-corrected chi connectivity index (χ4v) is 3.02. The second-order valence-electron chi connectivity index (χ2n) is 3.76. The highest BCUT2D eigenvalue weighted by molar-refractivity contribution is 8.26. The monoisotopic (exact) mass is 311 g/mol. The molecule has 0 aromatic heterocycles. The van der Waals surface area contributed by atoms with E-state index in [0.29, 0.717) is 21.3 Å². The number of nitrogens with zero attached hydrogens (tertiary/aromatic N) is 1. The standard InChI is InChI=1S/C13H10ClNO2S2/c1-2-6-15-12(17)10(19-13(15)18)7-8-4-3-5-9(16)11(8)14/h2-5,7,16H,1,6H2. The van der Waals surface area contributed by atoms with E-state index in [1.807, 2.05) is 0 Å². The molecule has 1 heterocycles. The fraction of sp³-hybridized carbons (Fsp3) is 0.0769. The number of amides is 1. The maximum Gasteiger partial charge on any atom is 0.266 e. The molecule has 0 atom stereocenters. The molecule has 0 unspecified atom stereocenters. The van der Waals surface area contributed by atoms with Gasteiger partial charge in [0, 0.05) is 6.54 Å². The maximum absolute atomic E-state index is 12.1. The molecule has 0 bridgehead atoms. The number of rotatable bonds is 3. The van der Waals surface area contributed by atoms with E-state index in [9.17, 15) is 9.90 Å². The first-order valence-corrected chi connectivity index (χ1v) is 6.98. The van der Waals surface area contributed by atoms with E-state index in [4.69, 9.17) is 23.8 Å². The second kappa shape index (κ2) is 5.77. The lowest BCUT2D eigenvalue weighted by molar-refractivity contribution is -0.121. The Morgan fingerprint density at radius 2 is 2.26 bits per heavy atom. The molecule has 1 fully saturated rings. The molecule has 0 saturated carbocycles. The van der Waals surface area contributed by atoms with Crippen molar-refractivity contribution in [1.29, 1.82) is 0 Å². The predicted octanol–water partition coefficient (Wildman–Crippen LogP) is 3.43. The zero-order valence-electron chi connectivity index (χ0n) is 9.80.